The molecule has 112 valence electrons. The topological polar surface area (TPSA) is 58.4 Å². The highest BCUT2D eigenvalue weighted by Crippen LogP contribution is 2.20. The zero-order valence-corrected chi connectivity index (χ0v) is 12.9. The first kappa shape index (κ1) is 17.2. The maximum Gasteiger partial charge on any atom is 0.238 e. The van der Waals surface area contributed by atoms with Crippen LogP contribution in [0.3, 0.4) is 0 Å². The number of halogens is 2. The molecule has 0 bridgehead atoms. The van der Waals surface area contributed by atoms with Gasteiger partial charge in [0.2, 0.25) is 5.91 Å². The van der Waals surface area contributed by atoms with E-state index in [4.69, 9.17) is 17.3 Å². The van der Waals surface area contributed by atoms with Gasteiger partial charge in [-0.1, -0.05) is 23.7 Å². The van der Waals surface area contributed by atoms with E-state index in [2.05, 4.69) is 10.2 Å². The number of rotatable bonds is 4. The van der Waals surface area contributed by atoms with E-state index < -0.39 is 0 Å². The molecule has 0 aliphatic carbocycles. The van der Waals surface area contributed by atoms with Crippen molar-refractivity contribution in [3.8, 4) is 0 Å². The van der Waals surface area contributed by atoms with Gasteiger partial charge in [0.05, 0.1) is 17.3 Å². The predicted molar refractivity (Wildman–Crippen MR) is 85.5 cm³/mol. The molecule has 1 aliphatic rings. The number of carbonyl (C=O) groups is 1. The highest BCUT2D eigenvalue weighted by molar-refractivity contribution is 6.33. The Morgan fingerprint density at radius 1 is 1.35 bits per heavy atom. The van der Waals surface area contributed by atoms with Crippen molar-refractivity contribution < 1.29 is 4.79 Å². The molecule has 1 saturated heterocycles. The number of nitrogens with zero attached hydrogens (tertiary/aromatic N) is 1. The van der Waals surface area contributed by atoms with E-state index in [9.17, 15) is 4.79 Å². The third-order valence-corrected chi connectivity index (χ3v) is 3.89. The Kier molecular flexibility index (Phi) is 7.30. The van der Waals surface area contributed by atoms with E-state index in [1.54, 1.807) is 12.1 Å². The number of para-hydroxylation sites is 1. The van der Waals surface area contributed by atoms with E-state index in [1.807, 2.05) is 12.1 Å². The zero-order valence-electron chi connectivity index (χ0n) is 11.3. The van der Waals surface area contributed by atoms with Crippen LogP contribution in [0.2, 0.25) is 5.02 Å². The molecule has 2 rings (SSSR count). The van der Waals surface area contributed by atoms with Gasteiger partial charge in [0, 0.05) is 0 Å². The van der Waals surface area contributed by atoms with E-state index in [1.165, 1.54) is 0 Å². The van der Waals surface area contributed by atoms with Crippen molar-refractivity contribution in [3.63, 3.8) is 0 Å². The summed E-state index contributed by atoms with van der Waals surface area (Å²) < 4.78 is 0. The first-order valence-corrected chi connectivity index (χ1v) is 7.03. The molecule has 1 aromatic rings. The Labute approximate surface area is 131 Å². The van der Waals surface area contributed by atoms with Crippen LogP contribution in [0.4, 0.5) is 5.69 Å². The molecule has 0 aromatic heterocycles. The second-order valence-corrected chi connectivity index (χ2v) is 5.39. The van der Waals surface area contributed by atoms with Gasteiger partial charge >= 0.3 is 0 Å². The number of benzene rings is 1. The van der Waals surface area contributed by atoms with Gasteiger partial charge in [0.25, 0.3) is 0 Å². The fourth-order valence-corrected chi connectivity index (χ4v) is 2.52. The van der Waals surface area contributed by atoms with Crippen LogP contribution in [0.5, 0.6) is 0 Å². The smallest absolute Gasteiger partial charge is 0.238 e. The van der Waals surface area contributed by atoms with Gasteiger partial charge in [-0.3, -0.25) is 9.69 Å². The zero-order chi connectivity index (χ0) is 13.7. The van der Waals surface area contributed by atoms with E-state index in [0.717, 1.165) is 32.5 Å². The lowest BCUT2D eigenvalue weighted by molar-refractivity contribution is -0.117. The molecule has 0 radical (unpaired) electrons. The summed E-state index contributed by atoms with van der Waals surface area (Å²) in [6.07, 6.45) is 2.16. The molecule has 0 atom stereocenters. The van der Waals surface area contributed by atoms with Crippen LogP contribution in [0.1, 0.15) is 12.8 Å². The highest BCUT2D eigenvalue weighted by atomic mass is 35.5. The van der Waals surface area contributed by atoms with Gasteiger partial charge in [0.1, 0.15) is 0 Å². The average molecular weight is 318 g/mol. The standard InChI is InChI=1S/C14H20ClN3O.ClH/c15-12-3-1-2-4-13(12)17-14(19)10-18-7-5-11(9-16)6-8-18;/h1-4,11H,5-10,16H2,(H,17,19);1H. The molecule has 20 heavy (non-hydrogen) atoms. The maximum absolute atomic E-state index is 11.9. The molecule has 1 aliphatic heterocycles. The molecular formula is C14H21Cl2N3O. The number of likely N-dealkylation sites (tertiary alicyclic amines) is 1. The summed E-state index contributed by atoms with van der Waals surface area (Å²) >= 11 is 6.01. The van der Waals surface area contributed by atoms with E-state index in [0.29, 0.717) is 23.2 Å². The minimum atomic E-state index is -0.0145. The Morgan fingerprint density at radius 2 is 2.00 bits per heavy atom. The Morgan fingerprint density at radius 3 is 2.60 bits per heavy atom. The summed E-state index contributed by atoms with van der Waals surface area (Å²) in [5.41, 5.74) is 6.33. The van der Waals surface area contributed by atoms with Crippen LogP contribution in [0.25, 0.3) is 0 Å². The number of hydrogen-bond donors (Lipinski definition) is 2. The largest absolute Gasteiger partial charge is 0.330 e. The lowest BCUT2D eigenvalue weighted by Gasteiger charge is -2.30. The number of amides is 1. The quantitative estimate of drug-likeness (QED) is 0.896. The molecule has 0 unspecified atom stereocenters. The summed E-state index contributed by atoms with van der Waals surface area (Å²) in [6.45, 7) is 3.05. The fraction of sp³-hybridized carbons (Fsp3) is 0.500. The number of nitrogens with one attached hydrogen (secondary N) is 1. The van der Waals surface area contributed by atoms with Gasteiger partial charge < -0.3 is 11.1 Å². The van der Waals surface area contributed by atoms with Crippen LogP contribution < -0.4 is 11.1 Å². The van der Waals surface area contributed by atoms with Gasteiger partial charge in [-0.05, 0) is 50.5 Å². The van der Waals surface area contributed by atoms with Crippen molar-refractivity contribution in [1.82, 2.24) is 4.90 Å². The Hall–Kier alpha value is -0.810. The number of carbonyl (C=O) groups excluding carboxylic acids is 1. The number of hydrogen-bond acceptors (Lipinski definition) is 3. The summed E-state index contributed by atoms with van der Waals surface area (Å²) in [5, 5.41) is 3.41. The van der Waals surface area contributed by atoms with Crippen molar-refractivity contribution in [3.05, 3.63) is 29.3 Å². The molecule has 4 nitrogen and oxygen atoms in total. The second-order valence-electron chi connectivity index (χ2n) is 4.98. The summed E-state index contributed by atoms with van der Waals surface area (Å²) in [7, 11) is 0. The lowest BCUT2D eigenvalue weighted by Crippen LogP contribution is -2.40. The monoisotopic (exact) mass is 317 g/mol. The van der Waals surface area contributed by atoms with Gasteiger partial charge in [0.15, 0.2) is 0 Å². The molecule has 1 amide bonds. The van der Waals surface area contributed by atoms with Gasteiger partial charge in [-0.15, -0.1) is 12.4 Å². The molecule has 3 N–H and O–H groups in total. The number of nitrogens with two attached hydrogens (primary N) is 1. The normalized spacial score (nSPS) is 16.5. The average Bonchev–Trinajstić information content (AvgIpc) is 2.42. The Bertz CT molecular complexity index is 434. The summed E-state index contributed by atoms with van der Waals surface area (Å²) in [5.74, 6) is 0.599. The van der Waals surface area contributed by atoms with Crippen molar-refractivity contribution in [2.24, 2.45) is 11.7 Å². The minimum absolute atomic E-state index is 0. The highest BCUT2D eigenvalue weighted by Gasteiger charge is 2.19. The number of piperidine rings is 1. The van der Waals surface area contributed by atoms with Crippen LogP contribution >= 0.6 is 24.0 Å². The lowest BCUT2D eigenvalue weighted by atomic mass is 9.97. The summed E-state index contributed by atoms with van der Waals surface area (Å²) in [6, 6.07) is 7.27. The van der Waals surface area contributed by atoms with Crippen molar-refractivity contribution >= 4 is 35.6 Å². The van der Waals surface area contributed by atoms with Gasteiger partial charge in [-0.25, -0.2) is 0 Å². The molecule has 0 saturated carbocycles. The van der Waals surface area contributed by atoms with Crippen LogP contribution in [-0.2, 0) is 4.79 Å². The van der Waals surface area contributed by atoms with E-state index >= 15 is 0 Å². The first-order chi connectivity index (χ1) is 9.19. The second kappa shape index (κ2) is 8.47. The van der Waals surface area contributed by atoms with Crippen molar-refractivity contribution in [1.29, 1.82) is 0 Å². The van der Waals surface area contributed by atoms with Crippen LogP contribution in [-0.4, -0.2) is 37.0 Å². The van der Waals surface area contributed by atoms with Gasteiger partial charge in [-0.2, -0.15) is 0 Å². The first-order valence-electron chi connectivity index (χ1n) is 6.66. The molecule has 6 heteroatoms. The maximum atomic E-state index is 11.9. The van der Waals surface area contributed by atoms with Crippen molar-refractivity contribution in [2.45, 2.75) is 12.8 Å². The SMILES string of the molecule is Cl.NCC1CCN(CC(=O)Nc2ccccc2Cl)CC1. The number of anilines is 1. The Balaban J connectivity index is 0.00000200. The molecular weight excluding hydrogens is 297 g/mol. The van der Waals surface area contributed by atoms with Crippen LogP contribution in [0, 0.1) is 5.92 Å². The fourth-order valence-electron chi connectivity index (χ4n) is 2.34. The minimum Gasteiger partial charge on any atom is -0.330 e. The summed E-state index contributed by atoms with van der Waals surface area (Å²) in [4.78, 5) is 14.1. The third kappa shape index (κ3) is 4.94. The predicted octanol–water partition coefficient (Wildman–Crippen LogP) is 2.37. The van der Waals surface area contributed by atoms with Crippen LogP contribution in [0.15, 0.2) is 24.3 Å². The van der Waals surface area contributed by atoms with E-state index in [-0.39, 0.29) is 18.3 Å². The third-order valence-electron chi connectivity index (χ3n) is 3.56. The molecule has 1 heterocycles. The molecule has 0 spiro atoms. The van der Waals surface area contributed by atoms with Crippen molar-refractivity contribution in [2.75, 3.05) is 31.5 Å². The molecule has 1 fully saturated rings. The molecule has 1 aromatic carbocycles.